The molecule has 0 aliphatic carbocycles. The van der Waals surface area contributed by atoms with Gasteiger partial charge in [-0.25, -0.2) is 14.0 Å². The summed E-state index contributed by atoms with van der Waals surface area (Å²) < 4.78 is 18.1. The summed E-state index contributed by atoms with van der Waals surface area (Å²) in [5.41, 5.74) is 4.83. The van der Waals surface area contributed by atoms with Gasteiger partial charge in [-0.2, -0.15) is 0 Å². The van der Waals surface area contributed by atoms with E-state index in [0.717, 1.165) is 27.1 Å². The largest absolute Gasteiger partial charge is 0.466 e. The van der Waals surface area contributed by atoms with E-state index in [4.69, 9.17) is 4.74 Å². The third-order valence-corrected chi connectivity index (χ3v) is 5.95. The minimum Gasteiger partial charge on any atom is -0.466 e. The van der Waals surface area contributed by atoms with Crippen LogP contribution in [0.4, 0.5) is 9.18 Å². The number of methoxy groups -OCH3 is 1. The summed E-state index contributed by atoms with van der Waals surface area (Å²) in [4.78, 5) is 25.4. The van der Waals surface area contributed by atoms with Crippen LogP contribution in [-0.4, -0.2) is 19.1 Å². The Kier molecular flexibility index (Phi) is 6.27. The maximum atomic E-state index is 13.1. The first kappa shape index (κ1) is 20.9. The van der Waals surface area contributed by atoms with Gasteiger partial charge in [-0.15, -0.1) is 11.8 Å². The average Bonchev–Trinajstić information content (AvgIpc) is 2.68. The van der Waals surface area contributed by atoms with Crippen LogP contribution in [0.1, 0.15) is 35.2 Å². The second-order valence-electron chi connectivity index (χ2n) is 6.94. The minimum absolute atomic E-state index is 0.262. The molecule has 2 N–H and O–H groups in total. The zero-order valence-electron chi connectivity index (χ0n) is 16.8. The summed E-state index contributed by atoms with van der Waals surface area (Å²) in [7, 11) is 1.32. The maximum Gasteiger partial charge on any atom is 0.337 e. The van der Waals surface area contributed by atoms with Gasteiger partial charge in [0, 0.05) is 16.3 Å². The number of halogens is 1. The van der Waals surface area contributed by atoms with Gasteiger partial charge in [-0.3, -0.25) is 0 Å². The van der Waals surface area contributed by atoms with Crippen LogP contribution in [-0.2, 0) is 15.3 Å². The van der Waals surface area contributed by atoms with Gasteiger partial charge in [0.25, 0.3) is 0 Å². The van der Waals surface area contributed by atoms with E-state index in [9.17, 15) is 14.0 Å². The Labute approximate surface area is 173 Å². The minimum atomic E-state index is -0.592. The predicted octanol–water partition coefficient (Wildman–Crippen LogP) is 4.54. The molecule has 0 saturated heterocycles. The highest BCUT2D eigenvalue weighted by atomic mass is 32.2. The van der Waals surface area contributed by atoms with Crippen LogP contribution in [0, 0.1) is 19.7 Å². The molecule has 1 aliphatic heterocycles. The van der Waals surface area contributed by atoms with Crippen LogP contribution < -0.4 is 10.6 Å². The highest BCUT2D eigenvalue weighted by Gasteiger charge is 2.33. The van der Waals surface area contributed by atoms with E-state index in [0.29, 0.717) is 17.0 Å². The number of carbonyl (C=O) groups excluding carboxylic acids is 2. The lowest BCUT2D eigenvalue weighted by Crippen LogP contribution is -2.45. The van der Waals surface area contributed by atoms with Gasteiger partial charge in [0.2, 0.25) is 0 Å². The first-order valence-corrected chi connectivity index (χ1v) is 10.1. The van der Waals surface area contributed by atoms with Crippen molar-refractivity contribution in [2.75, 3.05) is 7.11 Å². The van der Waals surface area contributed by atoms with Crippen molar-refractivity contribution in [2.24, 2.45) is 0 Å². The lowest BCUT2D eigenvalue weighted by Gasteiger charge is -2.29. The van der Waals surface area contributed by atoms with Crippen molar-refractivity contribution in [3.05, 3.63) is 75.7 Å². The SMILES string of the molecule is COC(=O)C1=C(C)NC(=O)NC1c1cc(C)cc(CSc2ccc(F)cc2)c1C. The molecule has 7 heteroatoms. The lowest BCUT2D eigenvalue weighted by molar-refractivity contribution is -0.136. The van der Waals surface area contributed by atoms with Crippen LogP contribution in [0.5, 0.6) is 0 Å². The summed E-state index contributed by atoms with van der Waals surface area (Å²) >= 11 is 1.60. The highest BCUT2D eigenvalue weighted by molar-refractivity contribution is 7.98. The summed E-state index contributed by atoms with van der Waals surface area (Å²) in [6.07, 6.45) is 0. The Bertz CT molecular complexity index is 986. The molecule has 1 atom stereocenters. The third kappa shape index (κ3) is 4.62. The fourth-order valence-electron chi connectivity index (χ4n) is 3.41. The fourth-order valence-corrected chi connectivity index (χ4v) is 4.36. The molecule has 29 heavy (non-hydrogen) atoms. The number of carbonyl (C=O) groups is 2. The summed E-state index contributed by atoms with van der Waals surface area (Å²) in [5.74, 6) is -0.0629. The van der Waals surface area contributed by atoms with Crippen molar-refractivity contribution in [1.82, 2.24) is 10.6 Å². The summed E-state index contributed by atoms with van der Waals surface area (Å²) in [6.45, 7) is 5.65. The quantitative estimate of drug-likeness (QED) is 0.557. The van der Waals surface area contributed by atoms with Gasteiger partial charge in [-0.05, 0) is 61.7 Å². The van der Waals surface area contributed by atoms with Crippen molar-refractivity contribution < 1.29 is 18.7 Å². The number of nitrogens with one attached hydrogen (secondary N) is 2. The molecule has 0 bridgehead atoms. The molecule has 2 aromatic carbocycles. The van der Waals surface area contributed by atoms with E-state index in [1.54, 1.807) is 30.8 Å². The van der Waals surface area contributed by atoms with Crippen LogP contribution in [0.15, 0.2) is 52.6 Å². The maximum absolute atomic E-state index is 13.1. The average molecular weight is 415 g/mol. The Hall–Kier alpha value is -2.80. The van der Waals surface area contributed by atoms with Crippen molar-refractivity contribution in [2.45, 2.75) is 37.5 Å². The number of esters is 1. The molecular formula is C22H23FN2O3S. The van der Waals surface area contributed by atoms with E-state index < -0.39 is 12.0 Å². The first-order valence-electron chi connectivity index (χ1n) is 9.15. The molecule has 1 unspecified atom stereocenters. The number of aryl methyl sites for hydroxylation is 1. The zero-order chi connectivity index (χ0) is 21.1. The van der Waals surface area contributed by atoms with E-state index in [2.05, 4.69) is 16.7 Å². The van der Waals surface area contributed by atoms with Crippen LogP contribution in [0.3, 0.4) is 0 Å². The van der Waals surface area contributed by atoms with Crippen LogP contribution in [0.2, 0.25) is 0 Å². The number of allylic oxidation sites excluding steroid dienone is 1. The van der Waals surface area contributed by atoms with E-state index in [1.165, 1.54) is 19.2 Å². The summed E-state index contributed by atoms with van der Waals surface area (Å²) in [6, 6.07) is 9.51. The first-order chi connectivity index (χ1) is 13.8. The van der Waals surface area contributed by atoms with Crippen molar-refractivity contribution in [1.29, 1.82) is 0 Å². The molecule has 2 aromatic rings. The molecule has 152 valence electrons. The van der Waals surface area contributed by atoms with Crippen LogP contribution >= 0.6 is 11.8 Å². The normalized spacial score (nSPS) is 16.3. The standard InChI is InChI=1S/C22H23FN2O3S/c1-12-9-15(11-29-17-7-5-16(23)6-8-17)13(2)18(10-12)20-19(21(26)28-4)14(3)24-22(27)25-20/h5-10,20H,11H2,1-4H3,(H2,24,25,27). The number of amides is 2. The molecule has 0 radical (unpaired) electrons. The van der Waals surface area contributed by atoms with Gasteiger partial charge in [0.1, 0.15) is 5.82 Å². The predicted molar refractivity (Wildman–Crippen MR) is 111 cm³/mol. The number of ether oxygens (including phenoxy) is 1. The second kappa shape index (κ2) is 8.69. The van der Waals surface area contributed by atoms with Gasteiger partial charge < -0.3 is 15.4 Å². The smallest absolute Gasteiger partial charge is 0.337 e. The molecule has 1 aliphatic rings. The van der Waals surface area contributed by atoms with Crippen molar-refractivity contribution >= 4 is 23.8 Å². The number of hydrogen-bond acceptors (Lipinski definition) is 4. The van der Waals surface area contributed by atoms with Gasteiger partial charge >= 0.3 is 12.0 Å². The highest BCUT2D eigenvalue weighted by Crippen LogP contribution is 2.34. The Morgan fingerprint density at radius 1 is 1.17 bits per heavy atom. The third-order valence-electron chi connectivity index (χ3n) is 4.89. The molecule has 0 aromatic heterocycles. The van der Waals surface area contributed by atoms with Gasteiger partial charge in [-0.1, -0.05) is 17.7 Å². The fraction of sp³-hybridized carbons (Fsp3) is 0.273. The van der Waals surface area contributed by atoms with Gasteiger partial charge in [0.05, 0.1) is 18.7 Å². The number of rotatable bonds is 5. The molecule has 2 amide bonds. The van der Waals surface area contributed by atoms with Crippen molar-refractivity contribution in [3.63, 3.8) is 0 Å². The molecule has 0 saturated carbocycles. The molecule has 3 rings (SSSR count). The molecule has 0 spiro atoms. The Balaban J connectivity index is 1.97. The Morgan fingerprint density at radius 3 is 2.52 bits per heavy atom. The van der Waals surface area contributed by atoms with E-state index in [1.807, 2.05) is 19.9 Å². The molecular weight excluding hydrogens is 391 g/mol. The van der Waals surface area contributed by atoms with Gasteiger partial charge in [0.15, 0.2) is 0 Å². The molecule has 0 fully saturated rings. The van der Waals surface area contributed by atoms with E-state index in [-0.39, 0.29) is 11.8 Å². The van der Waals surface area contributed by atoms with Crippen LogP contribution in [0.25, 0.3) is 0 Å². The Morgan fingerprint density at radius 2 is 1.86 bits per heavy atom. The summed E-state index contributed by atoms with van der Waals surface area (Å²) in [5, 5.41) is 5.48. The molecule has 1 heterocycles. The topological polar surface area (TPSA) is 67.4 Å². The number of urea groups is 1. The van der Waals surface area contributed by atoms with Crippen molar-refractivity contribution in [3.8, 4) is 0 Å². The number of benzene rings is 2. The molecule has 5 nitrogen and oxygen atoms in total. The monoisotopic (exact) mass is 414 g/mol. The number of hydrogen-bond donors (Lipinski definition) is 2. The zero-order valence-corrected chi connectivity index (χ0v) is 17.6. The van der Waals surface area contributed by atoms with E-state index >= 15 is 0 Å². The second-order valence-corrected chi connectivity index (χ2v) is 7.99. The lowest BCUT2D eigenvalue weighted by atomic mass is 9.89. The number of thioether (sulfide) groups is 1.